The van der Waals surface area contributed by atoms with Crippen LogP contribution in [0, 0.1) is 10.7 Å². The summed E-state index contributed by atoms with van der Waals surface area (Å²) in [7, 11) is 0. The Kier molecular flexibility index (Phi) is 1.48. The first-order chi connectivity index (χ1) is 3.83. The van der Waals surface area contributed by atoms with Gasteiger partial charge in [-0.3, -0.25) is 0 Å². The van der Waals surface area contributed by atoms with Gasteiger partial charge in [-0.1, -0.05) is 6.92 Å². The van der Waals surface area contributed by atoms with Gasteiger partial charge in [0.2, 0.25) is 0 Å². The molecule has 1 nitrogen and oxygen atoms in total. The van der Waals surface area contributed by atoms with E-state index in [1.54, 1.807) is 0 Å². The monoisotopic (exact) mass is 127 g/mol. The lowest BCUT2D eigenvalue weighted by Crippen LogP contribution is -1.95. The molecule has 2 heteroatoms. The maximum atomic E-state index is 8.29. The highest BCUT2D eigenvalue weighted by Gasteiger charge is 2.41. The number of hydrogen-bond donors (Lipinski definition) is 0. The molecule has 0 heterocycles. The lowest BCUT2D eigenvalue weighted by Gasteiger charge is -2.01. The van der Waals surface area contributed by atoms with Gasteiger partial charge in [0, 0.05) is 4.75 Å². The number of nitrogens with zero attached hydrogens (tertiary/aromatic N) is 1. The highest BCUT2D eigenvalue weighted by atomic mass is 32.2. The molecule has 0 aromatic carbocycles. The molecule has 0 aromatic rings. The highest BCUT2D eigenvalue weighted by Crippen LogP contribution is 2.50. The third-order valence-corrected chi connectivity index (χ3v) is 2.94. The molecule has 0 radical (unpaired) electrons. The van der Waals surface area contributed by atoms with Gasteiger partial charge in [0.25, 0.3) is 0 Å². The Morgan fingerprint density at radius 3 is 2.50 bits per heavy atom. The first-order valence-corrected chi connectivity index (χ1v) is 3.72. The van der Waals surface area contributed by atoms with E-state index in [1.165, 1.54) is 24.6 Å². The van der Waals surface area contributed by atoms with Crippen molar-refractivity contribution in [2.75, 3.05) is 0 Å². The van der Waals surface area contributed by atoms with E-state index < -0.39 is 0 Å². The van der Waals surface area contributed by atoms with Gasteiger partial charge >= 0.3 is 0 Å². The molecule has 0 aromatic heterocycles. The summed E-state index contributed by atoms with van der Waals surface area (Å²) in [6.45, 7) is 2.15. The molecule has 0 atom stereocenters. The molecule has 0 unspecified atom stereocenters. The normalized spacial score (nSPS) is 22.0. The van der Waals surface area contributed by atoms with E-state index in [2.05, 4.69) is 12.3 Å². The molecule has 1 aliphatic carbocycles. The van der Waals surface area contributed by atoms with Gasteiger partial charge in [-0.05, 0) is 31.0 Å². The maximum absolute atomic E-state index is 8.29. The van der Waals surface area contributed by atoms with Crippen molar-refractivity contribution < 1.29 is 0 Å². The van der Waals surface area contributed by atoms with E-state index in [0.717, 1.165) is 6.42 Å². The maximum Gasteiger partial charge on any atom is 0.133 e. The van der Waals surface area contributed by atoms with Crippen LogP contribution in [0.2, 0.25) is 0 Å². The number of rotatable bonds is 2. The van der Waals surface area contributed by atoms with Crippen LogP contribution in [0.3, 0.4) is 0 Å². The van der Waals surface area contributed by atoms with Crippen molar-refractivity contribution >= 4 is 11.8 Å². The van der Waals surface area contributed by atoms with Crippen LogP contribution in [0.25, 0.3) is 0 Å². The van der Waals surface area contributed by atoms with Crippen LogP contribution in [0.1, 0.15) is 26.2 Å². The number of thiocyanates is 1. The van der Waals surface area contributed by atoms with Gasteiger partial charge in [-0.25, -0.2) is 0 Å². The third kappa shape index (κ3) is 0.976. The van der Waals surface area contributed by atoms with E-state index in [0.29, 0.717) is 4.75 Å². The average Bonchev–Trinajstić information content (AvgIpc) is 2.50. The summed E-state index contributed by atoms with van der Waals surface area (Å²) in [6.07, 6.45) is 3.66. The van der Waals surface area contributed by atoms with Crippen LogP contribution >= 0.6 is 11.8 Å². The Morgan fingerprint density at radius 2 is 2.38 bits per heavy atom. The Balaban J connectivity index is 2.33. The molecule has 0 bridgehead atoms. The fourth-order valence-electron chi connectivity index (χ4n) is 0.764. The van der Waals surface area contributed by atoms with Crippen LogP contribution in [-0.4, -0.2) is 4.75 Å². The summed E-state index contributed by atoms with van der Waals surface area (Å²) in [5.74, 6) is 0. The summed E-state index contributed by atoms with van der Waals surface area (Å²) >= 11 is 1.45. The Labute approximate surface area is 54.1 Å². The Morgan fingerprint density at radius 1 is 1.75 bits per heavy atom. The fraction of sp³-hybridized carbons (Fsp3) is 0.833. The van der Waals surface area contributed by atoms with E-state index in [9.17, 15) is 0 Å². The minimum Gasteiger partial charge on any atom is -0.185 e. The zero-order valence-corrected chi connectivity index (χ0v) is 5.79. The van der Waals surface area contributed by atoms with Crippen LogP contribution < -0.4 is 0 Å². The molecule has 1 rings (SSSR count). The molecule has 1 aliphatic rings. The second kappa shape index (κ2) is 1.99. The molecular weight excluding hydrogens is 118 g/mol. The zero-order chi connectivity index (χ0) is 6.04. The van der Waals surface area contributed by atoms with Crippen molar-refractivity contribution in [3.05, 3.63) is 0 Å². The molecule has 1 fully saturated rings. The standard InChI is InChI=1S/C6H9NS/c1-2-6(3-4-6)8-5-7/h2-4H2,1H3. The minimum atomic E-state index is 0.398. The summed E-state index contributed by atoms with van der Waals surface area (Å²) < 4.78 is 0.398. The van der Waals surface area contributed by atoms with E-state index in [4.69, 9.17) is 5.26 Å². The molecule has 0 aliphatic heterocycles. The SMILES string of the molecule is CCC1(SC#N)CC1. The number of hydrogen-bond acceptors (Lipinski definition) is 2. The van der Waals surface area contributed by atoms with Crippen molar-refractivity contribution in [1.29, 1.82) is 5.26 Å². The summed E-state index contributed by atoms with van der Waals surface area (Å²) in [5, 5.41) is 10.4. The molecule has 1 saturated carbocycles. The van der Waals surface area contributed by atoms with E-state index in [-0.39, 0.29) is 0 Å². The lowest BCUT2D eigenvalue weighted by atomic mass is 10.3. The molecule has 0 amide bonds. The van der Waals surface area contributed by atoms with Gasteiger partial charge in [0.05, 0.1) is 0 Å². The molecular formula is C6H9NS. The minimum absolute atomic E-state index is 0.398. The van der Waals surface area contributed by atoms with Crippen molar-refractivity contribution in [3.8, 4) is 5.40 Å². The fourth-order valence-corrected chi connectivity index (χ4v) is 1.41. The van der Waals surface area contributed by atoms with Crippen LogP contribution in [0.5, 0.6) is 0 Å². The predicted octanol–water partition coefficient (Wildman–Crippen LogP) is 2.14. The van der Waals surface area contributed by atoms with Crippen LogP contribution in [0.15, 0.2) is 0 Å². The van der Waals surface area contributed by atoms with Gasteiger partial charge in [0.1, 0.15) is 5.40 Å². The van der Waals surface area contributed by atoms with Crippen molar-refractivity contribution in [3.63, 3.8) is 0 Å². The molecule has 0 spiro atoms. The van der Waals surface area contributed by atoms with Gasteiger partial charge in [-0.2, -0.15) is 5.26 Å². The zero-order valence-electron chi connectivity index (χ0n) is 4.98. The van der Waals surface area contributed by atoms with Crippen LogP contribution in [-0.2, 0) is 0 Å². The topological polar surface area (TPSA) is 23.8 Å². The average molecular weight is 127 g/mol. The summed E-state index contributed by atoms with van der Waals surface area (Å²) in [5.41, 5.74) is 0. The third-order valence-electron chi connectivity index (χ3n) is 1.71. The first-order valence-electron chi connectivity index (χ1n) is 2.90. The summed E-state index contributed by atoms with van der Waals surface area (Å²) in [4.78, 5) is 0. The molecule has 8 heavy (non-hydrogen) atoms. The summed E-state index contributed by atoms with van der Waals surface area (Å²) in [6, 6.07) is 0. The quantitative estimate of drug-likeness (QED) is 0.531. The van der Waals surface area contributed by atoms with Crippen molar-refractivity contribution in [2.45, 2.75) is 30.9 Å². The number of nitriles is 1. The van der Waals surface area contributed by atoms with Crippen molar-refractivity contribution in [2.24, 2.45) is 0 Å². The number of thioether (sulfide) groups is 1. The Hall–Kier alpha value is -0.160. The smallest absolute Gasteiger partial charge is 0.133 e. The highest BCUT2D eigenvalue weighted by molar-refractivity contribution is 8.05. The second-order valence-electron chi connectivity index (χ2n) is 2.23. The van der Waals surface area contributed by atoms with Gasteiger partial charge in [-0.15, -0.1) is 0 Å². The first kappa shape index (κ1) is 5.97. The van der Waals surface area contributed by atoms with Gasteiger partial charge < -0.3 is 0 Å². The van der Waals surface area contributed by atoms with E-state index >= 15 is 0 Å². The van der Waals surface area contributed by atoms with Gasteiger partial charge in [0.15, 0.2) is 0 Å². The van der Waals surface area contributed by atoms with Crippen molar-refractivity contribution in [1.82, 2.24) is 0 Å². The van der Waals surface area contributed by atoms with E-state index in [1.807, 2.05) is 0 Å². The molecule has 0 saturated heterocycles. The molecule has 0 N–H and O–H groups in total. The lowest BCUT2D eigenvalue weighted by molar-refractivity contribution is 0.857. The predicted molar refractivity (Wildman–Crippen MR) is 35.5 cm³/mol. The van der Waals surface area contributed by atoms with Crippen LogP contribution in [0.4, 0.5) is 0 Å². The largest absolute Gasteiger partial charge is 0.185 e. The Bertz CT molecular complexity index is 121. The second-order valence-corrected chi connectivity index (χ2v) is 3.48. The molecule has 44 valence electrons.